The molecule has 0 aromatic heterocycles. The Morgan fingerprint density at radius 1 is 0.347 bits per heavy atom. The zero-order valence-corrected chi connectivity index (χ0v) is 83.3. The fraction of sp³-hybridized carbons (Fsp3) is 0.957. The predicted molar refractivity (Wildman–Crippen MR) is 441 cm³/mol. The van der Waals surface area contributed by atoms with E-state index in [2.05, 4.69) is 0 Å². The van der Waals surface area contributed by atoms with Gasteiger partial charge >= 0.3 is 79.5 Å². The van der Waals surface area contributed by atoms with Gasteiger partial charge in [0, 0.05) is 38.7 Å². The van der Waals surface area contributed by atoms with Crippen molar-refractivity contribution in [3.8, 4) is 0 Å². The van der Waals surface area contributed by atoms with Gasteiger partial charge in [-0.05, 0) is 260 Å². The van der Waals surface area contributed by atoms with Crippen molar-refractivity contribution in [1.82, 2.24) is 0 Å². The maximum atomic E-state index is 14.8. The Morgan fingerprint density at radius 2 is 0.708 bits per heavy atom. The van der Waals surface area contributed by atoms with Crippen molar-refractivity contribution in [3.05, 3.63) is 0 Å². The molecule has 5 N–H and O–H groups in total. The monoisotopic (exact) mass is 2190 g/mol. The van der Waals surface area contributed by atoms with Gasteiger partial charge in [-0.3, -0.25) is 28.0 Å². The highest BCUT2D eigenvalue weighted by atomic mass is 19.5. The van der Waals surface area contributed by atoms with Crippen LogP contribution in [-0.2, 0) is 38.1 Å². The SMILES string of the molecule is CC(C)(C)OC(=O)C1(C(F)(F)F)CC2CCC1C2.CC(F)(F)CF.CC(F)(F)CF.CC1C(C)C2CC1C(F)(F)C2(F)C(O)(C(F)(F)F)C(F)(F)F.CC1C2CC(C1C)C(C(=O)OC(C)(C)C)(C(F)(F)F)C2.CC1C2CC(C1C)C(F)(C(O)(C(F)(F)F)C(F)(F)F)C2.CCC(C)(C(=O)OC1CC2CC1C(O)C2O)C(F)(F)F.CCC(C)(C(=O)OC1CC2CCC1C2)C(F)(F)F.CCC(C)(CF)C(F)(F)F.CF.CO. The molecule has 12 saturated carbocycles. The van der Waals surface area contributed by atoms with Crippen molar-refractivity contribution in [2.45, 2.75) is 386 Å². The minimum atomic E-state index is -6.63. The van der Waals surface area contributed by atoms with Gasteiger partial charge in [-0.1, -0.05) is 68.7 Å². The van der Waals surface area contributed by atoms with E-state index in [0.29, 0.717) is 59.0 Å². The highest BCUT2D eigenvalue weighted by Gasteiger charge is 2.93. The molecule has 12 rings (SSSR count). The first kappa shape index (κ1) is 135. The molecule has 12 aliphatic rings. The molecule has 144 heavy (non-hydrogen) atoms. The van der Waals surface area contributed by atoms with E-state index in [0.717, 1.165) is 66.9 Å². The molecule has 52 heteroatoms. The largest absolute Gasteiger partial charge is 0.461 e. The second kappa shape index (κ2) is 46.5. The van der Waals surface area contributed by atoms with Gasteiger partial charge in [0.15, 0.2) is 40.7 Å². The summed E-state index contributed by atoms with van der Waals surface area (Å²) < 4.78 is 514. The standard InChI is InChI=1S/C15H23F3O2.C13H19F3O4.2C13H19F3O2.C12H13F9O.C12H15F7O.C6H10F4.2C3H5F3.CH3F.CH4O/c1-8-9(2)11-6-10(8)7-14(11,15(16,17)18)12(19)20-13(3,4)5;1-3-12(2,13(14,15)16)11(19)20-8-5-6-4-7(8)10(18)9(6)17;1-11(2,3)18-10(17)12(13(14,15)16)7-8-4-5-9(12)6-8;1-3-12(2,13(14,15)16)11(17)18-10-7-8-4-5-9(10)6-8;1-4-5(2)7-3-6(4)8(13,9(7,14)15)10(22,11(16,17)18)12(19,20)21;1-5-6(2)8-3-7(5)4-9(8,13)10(20,11(14,15)16)12(17,18)19;1-3-5(2,4-7)6(8,9)10;2*1-3(5,6)2-4;2*1-2/h8-11H,6-7H2,1-5H3;6-10,17-18H,3-5H2,1-2H3;8-9H,4-7H2,1-3H3;8-10H,3-7H2,1-2H3;4-7,22H,3H2,1-2H3;5-8,20H,3-4H2,1-2H3;3-4H2,1-2H3;2*2H2,1H3;1H3;2H,1H3. The van der Waals surface area contributed by atoms with E-state index in [-0.39, 0.29) is 79.6 Å². The molecule has 0 amide bonds. The molecule has 0 radical (unpaired) electrons. The lowest BCUT2D eigenvalue weighted by atomic mass is 9.64. The fourth-order valence-corrected chi connectivity index (χ4v) is 22.1. The summed E-state index contributed by atoms with van der Waals surface area (Å²) in [5, 5.41) is 44.9. The number of carbonyl (C=O) groups excluding carboxylic acids is 4. The first-order chi connectivity index (χ1) is 64.2. The van der Waals surface area contributed by atoms with Crippen molar-refractivity contribution in [3.63, 3.8) is 0 Å². The molecular weight excluding hydrogens is 2050 g/mol. The Hall–Kier alpha value is -5.05. The number of hydrogen-bond acceptors (Lipinski definition) is 13. The Morgan fingerprint density at radius 3 is 0.965 bits per heavy atom. The van der Waals surface area contributed by atoms with Gasteiger partial charge in [0.1, 0.15) is 30.1 Å². The third kappa shape index (κ3) is 27.0. The lowest BCUT2D eigenvalue weighted by Crippen LogP contribution is -2.77. The van der Waals surface area contributed by atoms with Crippen molar-refractivity contribution < 1.29 is 235 Å². The number of carbonyl (C=O) groups is 4. The molecule has 12 fully saturated rings. The quantitative estimate of drug-likeness (QED) is 0.0624. The lowest BCUT2D eigenvalue weighted by Gasteiger charge is -2.51. The fourth-order valence-electron chi connectivity index (χ4n) is 22.1. The average molecular weight is 2190 g/mol. The minimum Gasteiger partial charge on any atom is -0.461 e. The van der Waals surface area contributed by atoms with Crippen LogP contribution in [0.25, 0.3) is 0 Å². The maximum absolute atomic E-state index is 14.8. The minimum absolute atomic E-state index is 0.0239. The summed E-state index contributed by atoms with van der Waals surface area (Å²) >= 11 is 0. The normalized spacial score (nSPS) is 34.7. The molecule has 854 valence electrons. The van der Waals surface area contributed by atoms with E-state index >= 15 is 0 Å². The molecule has 12 aliphatic carbocycles. The number of esters is 4. The number of hydrogen-bond donors (Lipinski definition) is 5. The summed E-state index contributed by atoms with van der Waals surface area (Å²) in [5.74, 6) is -25.7. The van der Waals surface area contributed by atoms with E-state index in [1.54, 1.807) is 48.5 Å². The lowest BCUT2D eigenvalue weighted by molar-refractivity contribution is -0.434. The van der Waals surface area contributed by atoms with Gasteiger partial charge in [-0.2, -0.15) is 119 Å². The van der Waals surface area contributed by atoms with Crippen LogP contribution in [0.3, 0.4) is 0 Å². The summed E-state index contributed by atoms with van der Waals surface area (Å²) in [5.41, 5.74) is -33.6. The number of halogens is 39. The number of aliphatic hydroxyl groups is 5. The molecule has 0 aromatic rings. The van der Waals surface area contributed by atoms with Crippen LogP contribution in [0.1, 0.15) is 254 Å². The number of rotatable bonds is 14. The topological polar surface area (TPSA) is 206 Å². The second-order valence-corrected chi connectivity index (χ2v) is 43.1. The van der Waals surface area contributed by atoms with E-state index < -0.39 is 275 Å². The van der Waals surface area contributed by atoms with Crippen molar-refractivity contribution in [1.29, 1.82) is 0 Å². The smallest absolute Gasteiger partial charge is 0.429 e. The molecule has 0 heterocycles. The third-order valence-electron chi connectivity index (χ3n) is 32.0. The molecule has 0 saturated heterocycles. The highest BCUT2D eigenvalue weighted by molar-refractivity contribution is 5.81. The van der Waals surface area contributed by atoms with Crippen LogP contribution in [-0.4, -0.2) is 215 Å². The molecule has 0 spiro atoms. The van der Waals surface area contributed by atoms with Crippen LogP contribution in [0.15, 0.2) is 0 Å². The number of alkyl halides is 39. The molecular formula is C92H135F39O13. The number of fused-ring (bicyclic) bond motifs is 12. The van der Waals surface area contributed by atoms with Crippen LogP contribution in [0.5, 0.6) is 0 Å². The van der Waals surface area contributed by atoms with Gasteiger partial charge in [-0.25, -0.2) is 43.9 Å². The molecule has 12 bridgehead atoms. The van der Waals surface area contributed by atoms with E-state index in [4.69, 9.17) is 24.1 Å². The zero-order valence-electron chi connectivity index (χ0n) is 83.3. The molecule has 0 aliphatic heterocycles. The van der Waals surface area contributed by atoms with Crippen molar-refractivity contribution in [2.24, 2.45) is 134 Å². The van der Waals surface area contributed by atoms with Crippen LogP contribution in [0.2, 0.25) is 0 Å². The molecule has 29 atom stereocenters. The van der Waals surface area contributed by atoms with Gasteiger partial charge in [0.05, 0.1) is 24.8 Å². The van der Waals surface area contributed by atoms with E-state index in [9.17, 15) is 211 Å². The molecule has 13 nitrogen and oxygen atoms in total. The number of aliphatic hydroxyl groups excluding tert-OH is 3. The molecule has 0 aromatic carbocycles. The number of ether oxygens (including phenoxy) is 4. The molecule has 29 unspecified atom stereocenters. The Kier molecular flexibility index (Phi) is 43.6. The van der Waals surface area contributed by atoms with Crippen molar-refractivity contribution >= 4 is 23.9 Å². The van der Waals surface area contributed by atoms with Crippen LogP contribution >= 0.6 is 0 Å². The summed E-state index contributed by atoms with van der Waals surface area (Å²) in [7, 11) is 1.50. The van der Waals surface area contributed by atoms with Gasteiger partial charge in [-0.15, -0.1) is 0 Å². The summed E-state index contributed by atoms with van der Waals surface area (Å²) in [4.78, 5) is 48.1. The van der Waals surface area contributed by atoms with Crippen LogP contribution in [0, 0.1) is 134 Å². The Balaban J connectivity index is 0.000000557. The first-order valence-electron chi connectivity index (χ1n) is 46.5. The van der Waals surface area contributed by atoms with Gasteiger partial charge in [0.2, 0.25) is 5.67 Å². The maximum Gasteiger partial charge on any atom is 0.429 e. The summed E-state index contributed by atoms with van der Waals surface area (Å²) in [6.07, 6.45) is -47.0. The van der Waals surface area contributed by atoms with Crippen molar-refractivity contribution in [2.75, 3.05) is 34.3 Å². The summed E-state index contributed by atoms with van der Waals surface area (Å²) in [6, 6.07) is 0. The highest BCUT2D eigenvalue weighted by Crippen LogP contribution is 2.74. The average Bonchev–Trinajstić information content (AvgIpc) is 1.49. The third-order valence-corrected chi connectivity index (χ3v) is 32.0. The Labute approximate surface area is 809 Å². The van der Waals surface area contributed by atoms with Gasteiger partial charge < -0.3 is 44.5 Å². The predicted octanol–water partition coefficient (Wildman–Crippen LogP) is 27.5. The summed E-state index contributed by atoms with van der Waals surface area (Å²) in [6.45, 7) is 22.1. The Bertz CT molecular complexity index is 4020. The first-order valence-corrected chi connectivity index (χ1v) is 46.5. The van der Waals surface area contributed by atoms with Crippen LogP contribution < -0.4 is 0 Å². The van der Waals surface area contributed by atoms with Gasteiger partial charge in [0.25, 0.3) is 29.0 Å². The zero-order chi connectivity index (χ0) is 114. The second-order valence-electron chi connectivity index (χ2n) is 43.1. The van der Waals surface area contributed by atoms with Crippen LogP contribution in [0.4, 0.5) is 171 Å². The van der Waals surface area contributed by atoms with E-state index in [1.807, 2.05) is 13.8 Å². The van der Waals surface area contributed by atoms with E-state index in [1.165, 1.54) is 34.6 Å².